The van der Waals surface area contributed by atoms with Crippen molar-refractivity contribution in [1.29, 1.82) is 0 Å². The first kappa shape index (κ1) is 18.0. The number of hydrogen-bond acceptors (Lipinski definition) is 2. The van der Waals surface area contributed by atoms with Crippen molar-refractivity contribution in [2.75, 3.05) is 20.6 Å². The van der Waals surface area contributed by atoms with Crippen LogP contribution in [0.5, 0.6) is 0 Å². The summed E-state index contributed by atoms with van der Waals surface area (Å²) in [6.07, 6.45) is 1.10. The molecule has 1 rings (SSSR count). The molecule has 2 N–H and O–H groups in total. The van der Waals surface area contributed by atoms with Gasteiger partial charge in [0.05, 0.1) is 0 Å². The molecule has 0 unspecified atom stereocenters. The van der Waals surface area contributed by atoms with Crippen molar-refractivity contribution in [2.24, 2.45) is 0 Å². The van der Waals surface area contributed by atoms with Crippen molar-refractivity contribution in [2.45, 2.75) is 39.7 Å². The molecule has 1 aromatic rings. The summed E-state index contributed by atoms with van der Waals surface area (Å²) >= 11 is 0. The standard InChI is InChI=1S/C17H27N3O2/c1-12-8-13(2)10-15(9-12)11-14(3)19-17(22)18-7-6-16(21)20(4)5/h8-10,14H,6-7,11H2,1-5H3,(H2,18,19,22)/t14-/m1/s1. The van der Waals surface area contributed by atoms with E-state index in [-0.39, 0.29) is 18.0 Å². The molecule has 0 saturated carbocycles. The second kappa shape index (κ2) is 8.41. The van der Waals surface area contributed by atoms with Crippen molar-refractivity contribution in [3.05, 3.63) is 34.9 Å². The van der Waals surface area contributed by atoms with Gasteiger partial charge in [0.15, 0.2) is 0 Å². The van der Waals surface area contributed by atoms with Crippen LogP contribution in [0.4, 0.5) is 4.79 Å². The van der Waals surface area contributed by atoms with Crippen LogP contribution in [0, 0.1) is 13.8 Å². The van der Waals surface area contributed by atoms with Gasteiger partial charge in [0.2, 0.25) is 5.91 Å². The number of carbonyl (C=O) groups is 2. The molecular formula is C17H27N3O2. The van der Waals surface area contributed by atoms with E-state index in [2.05, 4.69) is 42.7 Å². The smallest absolute Gasteiger partial charge is 0.315 e. The fraction of sp³-hybridized carbons (Fsp3) is 0.529. The molecule has 0 fully saturated rings. The average Bonchev–Trinajstić information content (AvgIpc) is 2.36. The number of rotatable bonds is 6. The van der Waals surface area contributed by atoms with Crippen LogP contribution in [0.25, 0.3) is 0 Å². The highest BCUT2D eigenvalue weighted by atomic mass is 16.2. The van der Waals surface area contributed by atoms with Crippen LogP contribution >= 0.6 is 0 Å². The van der Waals surface area contributed by atoms with Gasteiger partial charge < -0.3 is 15.5 Å². The van der Waals surface area contributed by atoms with Crippen LogP contribution in [0.3, 0.4) is 0 Å². The zero-order chi connectivity index (χ0) is 16.7. The number of benzene rings is 1. The first-order chi connectivity index (χ1) is 10.3. The number of carbonyl (C=O) groups excluding carboxylic acids is 2. The monoisotopic (exact) mass is 305 g/mol. The molecule has 0 spiro atoms. The Kier molecular flexibility index (Phi) is 6.89. The van der Waals surface area contributed by atoms with E-state index in [9.17, 15) is 9.59 Å². The maximum Gasteiger partial charge on any atom is 0.315 e. The van der Waals surface area contributed by atoms with Gasteiger partial charge in [-0.05, 0) is 32.8 Å². The minimum Gasteiger partial charge on any atom is -0.349 e. The predicted octanol–water partition coefficient (Wildman–Crippen LogP) is 2.01. The second-order valence-corrected chi connectivity index (χ2v) is 6.04. The summed E-state index contributed by atoms with van der Waals surface area (Å²) in [6, 6.07) is 6.21. The zero-order valence-electron chi connectivity index (χ0n) is 14.2. The van der Waals surface area contributed by atoms with Gasteiger partial charge in [-0.2, -0.15) is 0 Å². The topological polar surface area (TPSA) is 61.4 Å². The average molecular weight is 305 g/mol. The van der Waals surface area contributed by atoms with Crippen LogP contribution in [0.1, 0.15) is 30.0 Å². The van der Waals surface area contributed by atoms with Crippen LogP contribution in [-0.2, 0) is 11.2 Å². The summed E-state index contributed by atoms with van der Waals surface area (Å²) < 4.78 is 0. The van der Waals surface area contributed by atoms with Gasteiger partial charge in [-0.25, -0.2) is 4.79 Å². The van der Waals surface area contributed by atoms with E-state index in [1.807, 2.05) is 6.92 Å². The SMILES string of the molecule is Cc1cc(C)cc(C[C@@H](C)NC(=O)NCCC(=O)N(C)C)c1. The van der Waals surface area contributed by atoms with Crippen LogP contribution in [0.2, 0.25) is 0 Å². The predicted molar refractivity (Wildman–Crippen MR) is 88.9 cm³/mol. The van der Waals surface area contributed by atoms with Gasteiger partial charge >= 0.3 is 6.03 Å². The Labute approximate surface area is 133 Å². The van der Waals surface area contributed by atoms with Crippen molar-refractivity contribution in [1.82, 2.24) is 15.5 Å². The lowest BCUT2D eigenvalue weighted by Gasteiger charge is -2.16. The summed E-state index contributed by atoms with van der Waals surface area (Å²) in [5, 5.41) is 5.61. The fourth-order valence-corrected chi connectivity index (χ4v) is 2.37. The largest absolute Gasteiger partial charge is 0.349 e. The second-order valence-electron chi connectivity index (χ2n) is 6.04. The van der Waals surface area contributed by atoms with E-state index in [4.69, 9.17) is 0 Å². The van der Waals surface area contributed by atoms with E-state index >= 15 is 0 Å². The Morgan fingerprint density at radius 1 is 1.14 bits per heavy atom. The third-order valence-corrected chi connectivity index (χ3v) is 3.32. The van der Waals surface area contributed by atoms with Gasteiger partial charge in [0, 0.05) is 33.1 Å². The number of amides is 3. The molecule has 0 heterocycles. The maximum atomic E-state index is 11.8. The minimum absolute atomic E-state index is 0.00332. The highest BCUT2D eigenvalue weighted by Crippen LogP contribution is 2.10. The number of nitrogens with one attached hydrogen (secondary N) is 2. The molecule has 0 radical (unpaired) electrons. The summed E-state index contributed by atoms with van der Waals surface area (Å²) in [4.78, 5) is 24.7. The van der Waals surface area contributed by atoms with Crippen LogP contribution < -0.4 is 10.6 Å². The zero-order valence-corrected chi connectivity index (χ0v) is 14.2. The number of nitrogens with zero attached hydrogens (tertiary/aromatic N) is 1. The van der Waals surface area contributed by atoms with Crippen molar-refractivity contribution in [3.63, 3.8) is 0 Å². The highest BCUT2D eigenvalue weighted by Gasteiger charge is 2.09. The van der Waals surface area contributed by atoms with Crippen molar-refractivity contribution >= 4 is 11.9 Å². The molecule has 5 heteroatoms. The number of aryl methyl sites for hydroxylation is 2. The van der Waals surface area contributed by atoms with Gasteiger partial charge in [-0.15, -0.1) is 0 Å². The number of urea groups is 1. The Morgan fingerprint density at radius 3 is 2.27 bits per heavy atom. The van der Waals surface area contributed by atoms with E-state index in [0.717, 1.165) is 6.42 Å². The molecule has 0 aromatic heterocycles. The van der Waals surface area contributed by atoms with Gasteiger partial charge in [-0.1, -0.05) is 29.3 Å². The molecule has 5 nitrogen and oxygen atoms in total. The van der Waals surface area contributed by atoms with E-state index < -0.39 is 0 Å². The van der Waals surface area contributed by atoms with Crippen molar-refractivity contribution < 1.29 is 9.59 Å². The van der Waals surface area contributed by atoms with Gasteiger partial charge in [0.25, 0.3) is 0 Å². The molecule has 0 aliphatic carbocycles. The highest BCUT2D eigenvalue weighted by molar-refractivity contribution is 5.78. The first-order valence-electron chi connectivity index (χ1n) is 7.59. The fourth-order valence-electron chi connectivity index (χ4n) is 2.37. The van der Waals surface area contributed by atoms with E-state index in [0.29, 0.717) is 13.0 Å². The summed E-state index contributed by atoms with van der Waals surface area (Å²) in [6.45, 7) is 6.47. The summed E-state index contributed by atoms with van der Waals surface area (Å²) in [7, 11) is 3.41. The lowest BCUT2D eigenvalue weighted by molar-refractivity contribution is -0.128. The van der Waals surface area contributed by atoms with Crippen LogP contribution in [-0.4, -0.2) is 43.5 Å². The maximum absolute atomic E-state index is 11.8. The van der Waals surface area contributed by atoms with Gasteiger partial charge in [0.1, 0.15) is 0 Å². The molecule has 0 aliphatic heterocycles. The third-order valence-electron chi connectivity index (χ3n) is 3.32. The number of hydrogen-bond donors (Lipinski definition) is 2. The molecule has 0 bridgehead atoms. The molecule has 0 aliphatic rings. The molecular weight excluding hydrogens is 278 g/mol. The molecule has 1 atom stereocenters. The Hall–Kier alpha value is -2.04. The lowest BCUT2D eigenvalue weighted by Crippen LogP contribution is -2.42. The summed E-state index contributed by atoms with van der Waals surface area (Å²) in [5.74, 6) is 0.00332. The van der Waals surface area contributed by atoms with Crippen molar-refractivity contribution in [3.8, 4) is 0 Å². The Balaban J connectivity index is 2.36. The molecule has 1 aromatic carbocycles. The Bertz CT molecular complexity index is 506. The lowest BCUT2D eigenvalue weighted by atomic mass is 10.0. The Morgan fingerprint density at radius 2 is 1.73 bits per heavy atom. The molecule has 0 saturated heterocycles. The third kappa shape index (κ3) is 6.61. The first-order valence-corrected chi connectivity index (χ1v) is 7.59. The normalized spacial score (nSPS) is 11.7. The minimum atomic E-state index is -0.233. The molecule has 122 valence electrons. The molecule has 22 heavy (non-hydrogen) atoms. The van der Waals surface area contributed by atoms with E-state index in [1.165, 1.54) is 21.6 Å². The van der Waals surface area contributed by atoms with E-state index in [1.54, 1.807) is 14.1 Å². The quantitative estimate of drug-likeness (QED) is 0.844. The molecule has 3 amide bonds. The van der Waals surface area contributed by atoms with Gasteiger partial charge in [-0.3, -0.25) is 4.79 Å². The van der Waals surface area contributed by atoms with Crippen LogP contribution in [0.15, 0.2) is 18.2 Å². The summed E-state index contributed by atoms with van der Waals surface area (Å²) in [5.41, 5.74) is 3.68.